The Morgan fingerprint density at radius 2 is 0.917 bits per heavy atom. The maximum absolute atomic E-state index is 13.5. The number of carboxylic acid groups (broad SMARTS) is 2. The number of benzene rings is 2. The number of nitrogens with zero attached hydrogens (tertiary/aromatic N) is 6. The van der Waals surface area contributed by atoms with Crippen LogP contribution in [0.2, 0.25) is 0 Å². The van der Waals surface area contributed by atoms with Gasteiger partial charge in [0.1, 0.15) is 11.6 Å². The molecule has 2 aromatic carbocycles. The number of carboxylic acids is 2. The summed E-state index contributed by atoms with van der Waals surface area (Å²) in [7, 11) is -4.65. The predicted molar refractivity (Wildman–Crippen MR) is 278 cm³/mol. The van der Waals surface area contributed by atoms with Crippen molar-refractivity contribution in [2.24, 2.45) is 5.73 Å². The molecule has 2 aromatic heterocycles. The molecular weight excluding hydrogens is 1010 g/mol. The molecule has 0 fully saturated rings. The van der Waals surface area contributed by atoms with Gasteiger partial charge in [-0.2, -0.15) is 0 Å². The van der Waals surface area contributed by atoms with Crippen molar-refractivity contribution in [3.05, 3.63) is 94.8 Å². The van der Waals surface area contributed by atoms with Crippen LogP contribution in [0, 0.1) is 11.6 Å². The van der Waals surface area contributed by atoms with Crippen LogP contribution >= 0.6 is 0 Å². The second kappa shape index (κ2) is 30.0. The Morgan fingerprint density at radius 3 is 1.15 bits per heavy atom. The molecule has 4 aromatic rings. The first kappa shape index (κ1) is 65.5. The fourth-order valence-electron chi connectivity index (χ4n) is 6.09. The molecule has 5 atom stereocenters. The molecule has 0 bridgehead atoms. The molecule has 0 saturated carbocycles. The third kappa shape index (κ3) is 21.9. The van der Waals surface area contributed by atoms with Crippen LogP contribution in [0.1, 0.15) is 108 Å². The number of halogens is 2. The molecule has 2 heterocycles. The van der Waals surface area contributed by atoms with Crippen molar-refractivity contribution in [3.8, 4) is 22.5 Å². The Labute approximate surface area is 450 Å². The van der Waals surface area contributed by atoms with Crippen LogP contribution in [0.3, 0.4) is 0 Å². The van der Waals surface area contributed by atoms with Crippen LogP contribution in [0.15, 0.2) is 60.7 Å². The number of aromatic nitrogens is 4. The third-order valence-electron chi connectivity index (χ3n) is 10.3. The van der Waals surface area contributed by atoms with E-state index in [1.165, 1.54) is 86.9 Å². The summed E-state index contributed by atoms with van der Waals surface area (Å²) in [5.74, 6) is -3.74. The summed E-state index contributed by atoms with van der Waals surface area (Å²) in [4.78, 5) is 39.1. The van der Waals surface area contributed by atoms with Crippen LogP contribution in [0.5, 0.6) is 0 Å². The second-order valence-electron chi connectivity index (χ2n) is 17.3. The average Bonchev–Trinajstić information content (AvgIpc) is 3.26. The molecule has 0 saturated heterocycles. The zero-order valence-corrected chi connectivity index (χ0v) is 43.1. The van der Waals surface area contributed by atoms with Crippen molar-refractivity contribution in [1.29, 1.82) is 0 Å². The first-order chi connectivity index (χ1) is 32.8. The summed E-state index contributed by atoms with van der Waals surface area (Å²) in [6.45, 7) is 11.5. The number of sulfonamides is 2. The molecule has 24 heteroatoms. The number of aliphatic carboxylic acids is 2. The van der Waals surface area contributed by atoms with Gasteiger partial charge in [-0.1, -0.05) is 58.9 Å². The minimum absolute atomic E-state index is 0. The summed E-state index contributed by atoms with van der Waals surface area (Å²) in [6, 6.07) is 11.4. The van der Waals surface area contributed by atoms with Crippen molar-refractivity contribution in [2.45, 2.75) is 116 Å². The van der Waals surface area contributed by atoms with Gasteiger partial charge >= 0.3 is 49.7 Å². The molecule has 396 valence electrons. The van der Waals surface area contributed by atoms with E-state index in [9.17, 15) is 55.6 Å². The monoisotopic (exact) mass is 1080 g/mol. The van der Waals surface area contributed by atoms with Gasteiger partial charge in [-0.15, -0.1) is 0 Å². The van der Waals surface area contributed by atoms with E-state index in [-0.39, 0.29) is 74.3 Å². The zero-order valence-electron chi connectivity index (χ0n) is 41.5. The number of hydrogen-bond acceptors (Lipinski definition) is 15. The molecule has 0 spiro atoms. The summed E-state index contributed by atoms with van der Waals surface area (Å²) in [5.41, 5.74) is 8.90. The van der Waals surface area contributed by atoms with Gasteiger partial charge in [-0.25, -0.2) is 54.2 Å². The quantitative estimate of drug-likeness (QED) is 0.0560. The first-order valence-corrected chi connectivity index (χ1v) is 26.1. The minimum atomic E-state index is -3.65. The van der Waals surface area contributed by atoms with Crippen LogP contribution in [-0.4, -0.2) is 174 Å². The standard InChI is InChI=1S/2C22H28FN3O6S.C4H11N.Ca.2H/c2*1-13(2)20-18(10-9-16(27)11-17(28)12-19(29)30)21(14-5-7-15(23)8-6-14)25-22(24-20)26(3)33(4,31)32;1-3-4(2)5;;;/h2*5-10,13,16-17,27-28H,11-12H2,1-4H3,(H,29,30);4H,3,5H2,1-2H3;;;/t2*16-,17-;;;;/m11..../s1. The van der Waals surface area contributed by atoms with E-state index < -0.39 is 80.9 Å². The summed E-state index contributed by atoms with van der Waals surface area (Å²) in [5, 5.41) is 57.6. The van der Waals surface area contributed by atoms with Gasteiger partial charge in [-0.05, 0) is 73.7 Å². The average molecular weight is 1080 g/mol. The summed E-state index contributed by atoms with van der Waals surface area (Å²) < 4.78 is 77.2. The Kier molecular flexibility index (Phi) is 27.2. The molecule has 0 amide bonds. The van der Waals surface area contributed by atoms with Crippen molar-refractivity contribution >= 4 is 93.8 Å². The summed E-state index contributed by atoms with van der Waals surface area (Å²) in [6.07, 6.45) is 2.80. The van der Waals surface area contributed by atoms with E-state index in [0.29, 0.717) is 51.1 Å². The third-order valence-corrected chi connectivity index (χ3v) is 12.6. The Morgan fingerprint density at radius 1 is 0.625 bits per heavy atom. The number of aliphatic hydroxyl groups is 4. The van der Waals surface area contributed by atoms with Crippen molar-refractivity contribution < 1.29 is 65.8 Å². The van der Waals surface area contributed by atoms with E-state index in [0.717, 1.165) is 27.5 Å². The number of carbonyl (C=O) groups is 2. The first-order valence-electron chi connectivity index (χ1n) is 22.4. The molecular formula is C48H69CaF2N7O12S2. The number of anilines is 2. The number of nitrogens with two attached hydrogens (primary N) is 1. The van der Waals surface area contributed by atoms with E-state index in [1.54, 1.807) is 0 Å². The molecule has 0 aliphatic heterocycles. The molecule has 8 N–H and O–H groups in total. The SMILES string of the molecule is CC(C)c1nc(N(C)S(C)(=O)=O)nc(-c2ccc(F)cc2)c1C=C[C@@H](O)C[C@@H](O)CC(=O)O.CC(C)c1nc(N(C)S(C)(=O)=O)nc(-c2ccc(F)cc2)c1C=C[C@@H](O)C[C@@H](O)CC(=O)O.CCC(C)N.[CaH2]. The number of hydrogen-bond donors (Lipinski definition) is 7. The van der Waals surface area contributed by atoms with E-state index in [1.807, 2.05) is 34.6 Å². The van der Waals surface area contributed by atoms with Gasteiger partial charge < -0.3 is 36.4 Å². The fraction of sp³-hybridized carbons (Fsp3) is 0.458. The summed E-state index contributed by atoms with van der Waals surface area (Å²) >= 11 is 0. The van der Waals surface area contributed by atoms with E-state index in [2.05, 4.69) is 26.9 Å². The molecule has 19 nitrogen and oxygen atoms in total. The Hall–Kier alpha value is -4.56. The molecule has 0 radical (unpaired) electrons. The molecule has 0 aliphatic carbocycles. The van der Waals surface area contributed by atoms with Crippen molar-refractivity contribution in [2.75, 3.05) is 35.2 Å². The molecule has 0 aliphatic rings. The number of rotatable bonds is 21. The van der Waals surface area contributed by atoms with E-state index in [4.69, 9.17) is 15.9 Å². The van der Waals surface area contributed by atoms with Crippen LogP contribution in [0.4, 0.5) is 20.7 Å². The number of aliphatic hydroxyl groups excluding tert-OH is 4. The van der Waals surface area contributed by atoms with Gasteiger partial charge in [0, 0.05) is 55.2 Å². The van der Waals surface area contributed by atoms with Gasteiger partial charge in [0.2, 0.25) is 31.9 Å². The van der Waals surface area contributed by atoms with E-state index >= 15 is 0 Å². The van der Waals surface area contributed by atoms with Crippen LogP contribution in [-0.2, 0) is 29.6 Å². The van der Waals surface area contributed by atoms with Gasteiger partial charge in [0.15, 0.2) is 0 Å². The molecule has 1 unspecified atom stereocenters. The second-order valence-corrected chi connectivity index (χ2v) is 21.4. The van der Waals surface area contributed by atoms with Crippen LogP contribution in [0.25, 0.3) is 34.7 Å². The van der Waals surface area contributed by atoms with Gasteiger partial charge in [0.25, 0.3) is 0 Å². The van der Waals surface area contributed by atoms with Crippen molar-refractivity contribution in [3.63, 3.8) is 0 Å². The maximum atomic E-state index is 13.5. The van der Waals surface area contributed by atoms with Gasteiger partial charge in [-0.3, -0.25) is 9.59 Å². The Balaban J connectivity index is 0.000000649. The van der Waals surface area contributed by atoms with Crippen molar-refractivity contribution in [1.82, 2.24) is 19.9 Å². The van der Waals surface area contributed by atoms with Crippen LogP contribution < -0.4 is 14.3 Å². The topological polar surface area (TPSA) is 308 Å². The predicted octanol–water partition coefficient (Wildman–Crippen LogP) is 4.63. The van der Waals surface area contributed by atoms with Gasteiger partial charge in [0.05, 0.1) is 72.5 Å². The molecule has 72 heavy (non-hydrogen) atoms. The Bertz CT molecular complexity index is 2500. The normalized spacial score (nSPS) is 13.8. The zero-order chi connectivity index (χ0) is 54.1. The molecule has 4 rings (SSSR count). The fourth-order valence-corrected chi connectivity index (χ4v) is 6.85.